The summed E-state index contributed by atoms with van der Waals surface area (Å²) < 4.78 is 13.1. The Kier molecular flexibility index (Phi) is 2.64. The predicted octanol–water partition coefficient (Wildman–Crippen LogP) is 2.33. The van der Waals surface area contributed by atoms with E-state index in [0.717, 1.165) is 27.7 Å². The SMILES string of the molecule is OCc1cn2c(-c3ccc4c(c3)OCCO4)csc2n1. The van der Waals surface area contributed by atoms with Crippen molar-refractivity contribution in [3.8, 4) is 22.8 Å². The number of ether oxygens (including phenoxy) is 2. The fourth-order valence-electron chi connectivity index (χ4n) is 2.32. The fraction of sp³-hybridized carbons (Fsp3) is 0.214. The maximum Gasteiger partial charge on any atom is 0.194 e. The summed E-state index contributed by atoms with van der Waals surface area (Å²) >= 11 is 1.55. The van der Waals surface area contributed by atoms with Crippen molar-refractivity contribution < 1.29 is 14.6 Å². The zero-order chi connectivity index (χ0) is 13.5. The molecule has 0 saturated carbocycles. The number of imidazole rings is 1. The molecule has 0 unspecified atom stereocenters. The molecule has 0 aliphatic carbocycles. The van der Waals surface area contributed by atoms with Crippen LogP contribution in [-0.2, 0) is 6.61 Å². The van der Waals surface area contributed by atoms with E-state index >= 15 is 0 Å². The van der Waals surface area contributed by atoms with Crippen LogP contribution in [0.3, 0.4) is 0 Å². The first-order valence-corrected chi connectivity index (χ1v) is 7.19. The van der Waals surface area contributed by atoms with Gasteiger partial charge >= 0.3 is 0 Å². The van der Waals surface area contributed by atoms with Gasteiger partial charge in [-0.25, -0.2) is 4.98 Å². The van der Waals surface area contributed by atoms with Gasteiger partial charge in [-0.3, -0.25) is 4.40 Å². The van der Waals surface area contributed by atoms with Crippen molar-refractivity contribution in [2.75, 3.05) is 13.2 Å². The Labute approximate surface area is 119 Å². The van der Waals surface area contributed by atoms with E-state index in [1.165, 1.54) is 0 Å². The standard InChI is InChI=1S/C14H12N2O3S/c17-7-10-6-16-11(8-20-14(16)15-10)9-1-2-12-13(5-9)19-4-3-18-12/h1-2,5-6,8,17H,3-4,7H2. The number of aromatic nitrogens is 2. The lowest BCUT2D eigenvalue weighted by Crippen LogP contribution is -2.15. The van der Waals surface area contributed by atoms with Gasteiger partial charge in [-0.2, -0.15) is 0 Å². The Hall–Kier alpha value is -2.05. The van der Waals surface area contributed by atoms with E-state index in [1.54, 1.807) is 11.3 Å². The first-order chi connectivity index (χ1) is 9.85. The van der Waals surface area contributed by atoms with Gasteiger partial charge in [0.25, 0.3) is 0 Å². The molecule has 0 bridgehead atoms. The molecule has 2 aromatic heterocycles. The van der Waals surface area contributed by atoms with E-state index in [4.69, 9.17) is 14.6 Å². The Morgan fingerprint density at radius 2 is 2.10 bits per heavy atom. The third kappa shape index (κ3) is 1.76. The van der Waals surface area contributed by atoms with Gasteiger partial charge in [0.15, 0.2) is 16.5 Å². The van der Waals surface area contributed by atoms with Crippen molar-refractivity contribution in [2.24, 2.45) is 0 Å². The quantitative estimate of drug-likeness (QED) is 0.786. The summed E-state index contributed by atoms with van der Waals surface area (Å²) in [7, 11) is 0. The van der Waals surface area contributed by atoms with Crippen LogP contribution < -0.4 is 9.47 Å². The summed E-state index contributed by atoms with van der Waals surface area (Å²) in [5.41, 5.74) is 2.76. The molecule has 5 nitrogen and oxygen atoms in total. The third-order valence-corrected chi connectivity index (χ3v) is 4.10. The second-order valence-corrected chi connectivity index (χ2v) is 5.36. The van der Waals surface area contributed by atoms with Crippen LogP contribution in [0.25, 0.3) is 16.2 Å². The summed E-state index contributed by atoms with van der Waals surface area (Å²) in [5.74, 6) is 1.56. The summed E-state index contributed by atoms with van der Waals surface area (Å²) in [6.45, 7) is 1.13. The van der Waals surface area contributed by atoms with Gasteiger partial charge in [-0.15, -0.1) is 11.3 Å². The van der Waals surface area contributed by atoms with E-state index in [2.05, 4.69) is 10.4 Å². The number of nitrogens with zero attached hydrogens (tertiary/aromatic N) is 2. The van der Waals surface area contributed by atoms with Gasteiger partial charge in [0.2, 0.25) is 0 Å². The third-order valence-electron chi connectivity index (χ3n) is 3.26. The lowest BCUT2D eigenvalue weighted by Gasteiger charge is -2.18. The van der Waals surface area contributed by atoms with Crippen molar-refractivity contribution in [1.82, 2.24) is 9.38 Å². The monoisotopic (exact) mass is 288 g/mol. The zero-order valence-corrected chi connectivity index (χ0v) is 11.4. The van der Waals surface area contributed by atoms with Gasteiger partial charge in [-0.05, 0) is 18.2 Å². The van der Waals surface area contributed by atoms with Crippen LogP contribution in [-0.4, -0.2) is 27.7 Å². The summed E-state index contributed by atoms with van der Waals surface area (Å²) in [6, 6.07) is 5.92. The number of benzene rings is 1. The molecule has 102 valence electrons. The average molecular weight is 288 g/mol. The summed E-state index contributed by atoms with van der Waals surface area (Å²) in [4.78, 5) is 5.21. The normalized spacial score (nSPS) is 13.8. The molecule has 1 aliphatic rings. The first-order valence-electron chi connectivity index (χ1n) is 6.31. The maximum absolute atomic E-state index is 9.17. The molecule has 6 heteroatoms. The Morgan fingerprint density at radius 3 is 2.95 bits per heavy atom. The molecule has 0 saturated heterocycles. The summed E-state index contributed by atoms with van der Waals surface area (Å²) in [5, 5.41) is 11.2. The Balaban J connectivity index is 1.83. The smallest absolute Gasteiger partial charge is 0.194 e. The van der Waals surface area contributed by atoms with E-state index < -0.39 is 0 Å². The molecule has 0 fully saturated rings. The predicted molar refractivity (Wildman–Crippen MR) is 75.4 cm³/mol. The van der Waals surface area contributed by atoms with Crippen LogP contribution in [0.5, 0.6) is 11.5 Å². The van der Waals surface area contributed by atoms with Crippen molar-refractivity contribution in [3.05, 3.63) is 35.5 Å². The lowest BCUT2D eigenvalue weighted by atomic mass is 10.1. The molecule has 0 amide bonds. The minimum absolute atomic E-state index is 0.0466. The molecule has 1 N–H and O–H groups in total. The molecule has 1 aliphatic heterocycles. The Morgan fingerprint density at radius 1 is 1.25 bits per heavy atom. The van der Waals surface area contributed by atoms with Crippen molar-refractivity contribution >= 4 is 16.3 Å². The zero-order valence-electron chi connectivity index (χ0n) is 10.6. The van der Waals surface area contributed by atoms with Gasteiger partial charge in [0.1, 0.15) is 13.2 Å². The van der Waals surface area contributed by atoms with Gasteiger partial charge in [-0.1, -0.05) is 0 Å². The van der Waals surface area contributed by atoms with Crippen LogP contribution in [0.1, 0.15) is 5.69 Å². The van der Waals surface area contributed by atoms with E-state index in [0.29, 0.717) is 18.9 Å². The maximum atomic E-state index is 9.17. The number of hydrogen-bond acceptors (Lipinski definition) is 5. The van der Waals surface area contributed by atoms with Crippen LogP contribution in [0.4, 0.5) is 0 Å². The van der Waals surface area contributed by atoms with Crippen molar-refractivity contribution in [3.63, 3.8) is 0 Å². The van der Waals surface area contributed by atoms with Crippen LogP contribution in [0, 0.1) is 0 Å². The largest absolute Gasteiger partial charge is 0.486 e. The minimum atomic E-state index is -0.0466. The molecular formula is C14H12N2O3S. The second-order valence-electron chi connectivity index (χ2n) is 4.52. The molecule has 4 rings (SSSR count). The van der Waals surface area contributed by atoms with E-state index in [-0.39, 0.29) is 6.61 Å². The number of aliphatic hydroxyl groups excluding tert-OH is 1. The fourth-order valence-corrected chi connectivity index (χ4v) is 3.22. The average Bonchev–Trinajstić information content (AvgIpc) is 3.06. The molecule has 0 atom stereocenters. The molecule has 3 aromatic rings. The van der Waals surface area contributed by atoms with Crippen molar-refractivity contribution in [1.29, 1.82) is 0 Å². The van der Waals surface area contributed by atoms with Gasteiger partial charge in [0, 0.05) is 17.1 Å². The number of rotatable bonds is 2. The molecule has 3 heterocycles. The van der Waals surface area contributed by atoms with Gasteiger partial charge in [0.05, 0.1) is 18.0 Å². The molecule has 1 aromatic carbocycles. The van der Waals surface area contributed by atoms with Crippen molar-refractivity contribution in [2.45, 2.75) is 6.61 Å². The molecule has 0 spiro atoms. The minimum Gasteiger partial charge on any atom is -0.486 e. The number of hydrogen-bond donors (Lipinski definition) is 1. The molecule has 0 radical (unpaired) electrons. The molecule has 20 heavy (non-hydrogen) atoms. The Bertz CT molecular complexity index is 778. The van der Waals surface area contributed by atoms with Crippen LogP contribution in [0.15, 0.2) is 29.8 Å². The topological polar surface area (TPSA) is 56.0 Å². The highest BCUT2D eigenvalue weighted by atomic mass is 32.1. The number of fused-ring (bicyclic) bond motifs is 2. The van der Waals surface area contributed by atoms with Gasteiger partial charge < -0.3 is 14.6 Å². The molecular weight excluding hydrogens is 276 g/mol. The number of thiazole rings is 1. The second kappa shape index (κ2) is 4.50. The van der Waals surface area contributed by atoms with Crippen LogP contribution in [0.2, 0.25) is 0 Å². The van der Waals surface area contributed by atoms with E-state index in [9.17, 15) is 0 Å². The highest BCUT2D eigenvalue weighted by Crippen LogP contribution is 2.35. The summed E-state index contributed by atoms with van der Waals surface area (Å²) in [6.07, 6.45) is 1.86. The lowest BCUT2D eigenvalue weighted by molar-refractivity contribution is 0.171. The highest BCUT2D eigenvalue weighted by Gasteiger charge is 2.15. The van der Waals surface area contributed by atoms with E-state index in [1.807, 2.05) is 28.8 Å². The van der Waals surface area contributed by atoms with Crippen LogP contribution >= 0.6 is 11.3 Å². The number of aliphatic hydroxyl groups is 1. The first kappa shape index (κ1) is 11.7. The highest BCUT2D eigenvalue weighted by molar-refractivity contribution is 7.15.